The molecule has 0 aliphatic carbocycles. The van der Waals surface area contributed by atoms with Crippen LogP contribution in [-0.2, 0) is 0 Å². The van der Waals surface area contributed by atoms with E-state index < -0.39 is 0 Å². The van der Waals surface area contributed by atoms with Gasteiger partial charge >= 0.3 is 0 Å². The zero-order valence-electron chi connectivity index (χ0n) is 24.6. The fourth-order valence-corrected chi connectivity index (χ4v) is 6.22. The molecule has 0 amide bonds. The van der Waals surface area contributed by atoms with Crippen molar-refractivity contribution in [1.29, 1.82) is 0 Å². The SMILES string of the molecule is CCCOc1ccc(/C=C/c2nc3s/c(=C\c4cn(-c5ccccc5)nc4-c4ccc(SCC)cc4)c(=O)n3n2)cc1OC. The minimum Gasteiger partial charge on any atom is -0.493 e. The Kier molecular flexibility index (Phi) is 8.90. The first-order chi connectivity index (χ1) is 21.6. The summed E-state index contributed by atoms with van der Waals surface area (Å²) in [5, 5.41) is 9.38. The molecule has 10 heteroatoms. The molecule has 44 heavy (non-hydrogen) atoms. The quantitative estimate of drug-likeness (QED) is 0.150. The summed E-state index contributed by atoms with van der Waals surface area (Å²) in [4.78, 5) is 19.8. The number of hydrogen-bond acceptors (Lipinski definition) is 8. The summed E-state index contributed by atoms with van der Waals surface area (Å²) in [6.45, 7) is 4.82. The molecule has 3 aromatic heterocycles. The van der Waals surface area contributed by atoms with Gasteiger partial charge in [-0.15, -0.1) is 16.9 Å². The second-order valence-corrected chi connectivity index (χ2v) is 12.2. The van der Waals surface area contributed by atoms with Gasteiger partial charge in [-0.25, -0.2) is 4.68 Å². The van der Waals surface area contributed by atoms with Gasteiger partial charge in [0.2, 0.25) is 4.96 Å². The highest BCUT2D eigenvalue weighted by molar-refractivity contribution is 7.99. The number of thiazole rings is 1. The molecule has 0 spiro atoms. The molecule has 0 saturated heterocycles. The molecule has 0 aliphatic rings. The average molecular weight is 622 g/mol. The molecule has 3 aromatic carbocycles. The van der Waals surface area contributed by atoms with Crippen molar-refractivity contribution in [3.8, 4) is 28.4 Å². The Hall–Kier alpha value is -4.67. The first-order valence-corrected chi connectivity index (χ1v) is 16.1. The number of fused-ring (bicyclic) bond motifs is 1. The zero-order valence-corrected chi connectivity index (χ0v) is 26.3. The molecule has 6 aromatic rings. The number of methoxy groups -OCH3 is 1. The lowest BCUT2D eigenvalue weighted by atomic mass is 10.1. The van der Waals surface area contributed by atoms with E-state index in [9.17, 15) is 4.79 Å². The Morgan fingerprint density at radius 1 is 0.955 bits per heavy atom. The Balaban J connectivity index is 1.32. The van der Waals surface area contributed by atoms with E-state index in [0.29, 0.717) is 33.4 Å². The third-order valence-electron chi connectivity index (χ3n) is 6.76. The van der Waals surface area contributed by atoms with Crippen molar-refractivity contribution in [3.63, 3.8) is 0 Å². The standard InChI is InChI=1S/C34H31N5O3S2/c1-4-19-42-28-17-11-23(20-29(28)41-3)12-18-31-35-34-39(36-31)33(40)30(44-34)21-25-22-38(26-9-7-6-8-10-26)37-32(25)24-13-15-27(16-14-24)43-5-2/h6-18,20-22H,4-5,19H2,1-3H3/b18-12+,30-21-. The van der Waals surface area contributed by atoms with Gasteiger partial charge in [0, 0.05) is 22.2 Å². The van der Waals surface area contributed by atoms with Gasteiger partial charge in [-0.05, 0) is 66.3 Å². The van der Waals surface area contributed by atoms with Crippen LogP contribution in [0.4, 0.5) is 0 Å². The number of aromatic nitrogens is 5. The van der Waals surface area contributed by atoms with Gasteiger partial charge in [-0.1, -0.05) is 67.7 Å². The molecule has 0 atom stereocenters. The molecule has 0 aliphatic heterocycles. The van der Waals surface area contributed by atoms with Crippen LogP contribution in [0.25, 0.3) is 40.1 Å². The molecule has 8 nitrogen and oxygen atoms in total. The molecule has 0 saturated carbocycles. The third kappa shape index (κ3) is 6.31. The molecular formula is C34H31N5O3S2. The van der Waals surface area contributed by atoms with Crippen LogP contribution in [0, 0.1) is 0 Å². The first-order valence-electron chi connectivity index (χ1n) is 14.3. The number of para-hydroxylation sites is 1. The van der Waals surface area contributed by atoms with Gasteiger partial charge in [0.15, 0.2) is 17.3 Å². The van der Waals surface area contributed by atoms with Crippen LogP contribution in [-0.4, -0.2) is 43.8 Å². The van der Waals surface area contributed by atoms with Gasteiger partial charge in [0.1, 0.15) is 0 Å². The number of ether oxygens (including phenoxy) is 2. The topological polar surface area (TPSA) is 83.5 Å². The largest absolute Gasteiger partial charge is 0.493 e. The monoisotopic (exact) mass is 621 g/mol. The smallest absolute Gasteiger partial charge is 0.291 e. The molecule has 0 radical (unpaired) electrons. The summed E-state index contributed by atoms with van der Waals surface area (Å²) in [7, 11) is 1.62. The van der Waals surface area contributed by atoms with E-state index in [2.05, 4.69) is 48.2 Å². The number of thioether (sulfide) groups is 1. The maximum atomic E-state index is 13.4. The van der Waals surface area contributed by atoms with Crippen molar-refractivity contribution in [2.75, 3.05) is 19.5 Å². The Morgan fingerprint density at radius 2 is 1.77 bits per heavy atom. The van der Waals surface area contributed by atoms with E-state index in [0.717, 1.165) is 40.2 Å². The minimum absolute atomic E-state index is 0.218. The van der Waals surface area contributed by atoms with Crippen LogP contribution in [0.1, 0.15) is 37.2 Å². The van der Waals surface area contributed by atoms with E-state index >= 15 is 0 Å². The number of nitrogens with zero attached hydrogens (tertiary/aromatic N) is 5. The molecular weight excluding hydrogens is 591 g/mol. The number of rotatable bonds is 11. The predicted molar refractivity (Wildman–Crippen MR) is 179 cm³/mol. The predicted octanol–water partition coefficient (Wildman–Crippen LogP) is 6.63. The number of hydrogen-bond donors (Lipinski definition) is 0. The van der Waals surface area contributed by atoms with Gasteiger partial charge < -0.3 is 9.47 Å². The summed E-state index contributed by atoms with van der Waals surface area (Å²) in [6.07, 6.45) is 8.42. The van der Waals surface area contributed by atoms with Crippen molar-refractivity contribution >= 4 is 46.3 Å². The molecule has 3 heterocycles. The third-order valence-corrected chi connectivity index (χ3v) is 8.61. The second-order valence-electron chi connectivity index (χ2n) is 9.84. The van der Waals surface area contributed by atoms with Gasteiger partial charge in [-0.2, -0.15) is 14.6 Å². The molecule has 0 N–H and O–H groups in total. The summed E-state index contributed by atoms with van der Waals surface area (Å²) in [5.41, 5.74) is 4.24. The van der Waals surface area contributed by atoms with Crippen molar-refractivity contribution in [3.05, 3.63) is 111 Å². The lowest BCUT2D eigenvalue weighted by molar-refractivity contribution is 0.294. The molecule has 222 valence electrons. The fourth-order valence-electron chi connectivity index (χ4n) is 4.66. The summed E-state index contributed by atoms with van der Waals surface area (Å²) in [6, 6.07) is 24.0. The van der Waals surface area contributed by atoms with Crippen molar-refractivity contribution in [1.82, 2.24) is 24.4 Å². The van der Waals surface area contributed by atoms with E-state index in [1.807, 2.05) is 71.6 Å². The molecule has 0 bridgehead atoms. The Labute approximate surface area is 263 Å². The van der Waals surface area contributed by atoms with E-state index in [1.54, 1.807) is 24.9 Å². The van der Waals surface area contributed by atoms with Crippen LogP contribution < -0.4 is 19.6 Å². The Bertz CT molecular complexity index is 2030. The van der Waals surface area contributed by atoms with Crippen molar-refractivity contribution in [2.24, 2.45) is 0 Å². The maximum Gasteiger partial charge on any atom is 0.291 e. The minimum atomic E-state index is -0.218. The van der Waals surface area contributed by atoms with Crippen LogP contribution in [0.15, 0.2) is 88.7 Å². The average Bonchev–Trinajstić information content (AvgIpc) is 3.74. The van der Waals surface area contributed by atoms with Crippen molar-refractivity contribution < 1.29 is 9.47 Å². The fraction of sp³-hybridized carbons (Fsp3) is 0.176. The highest BCUT2D eigenvalue weighted by Gasteiger charge is 2.14. The van der Waals surface area contributed by atoms with Gasteiger partial charge in [0.05, 0.1) is 29.6 Å². The van der Waals surface area contributed by atoms with Crippen LogP contribution >= 0.6 is 23.1 Å². The second kappa shape index (κ2) is 13.3. The van der Waals surface area contributed by atoms with Crippen LogP contribution in [0.5, 0.6) is 11.5 Å². The normalized spacial score (nSPS) is 12.0. The van der Waals surface area contributed by atoms with Gasteiger partial charge in [-0.3, -0.25) is 4.79 Å². The first kappa shape index (κ1) is 29.4. The molecule has 0 fully saturated rings. The lowest BCUT2D eigenvalue weighted by Crippen LogP contribution is -2.23. The highest BCUT2D eigenvalue weighted by Crippen LogP contribution is 2.29. The summed E-state index contributed by atoms with van der Waals surface area (Å²) < 4.78 is 15.0. The lowest BCUT2D eigenvalue weighted by Gasteiger charge is -2.10. The van der Waals surface area contributed by atoms with Gasteiger partial charge in [0.25, 0.3) is 5.56 Å². The van der Waals surface area contributed by atoms with Crippen LogP contribution in [0.2, 0.25) is 0 Å². The van der Waals surface area contributed by atoms with E-state index in [4.69, 9.17) is 14.6 Å². The molecule has 0 unspecified atom stereocenters. The Morgan fingerprint density at radius 3 is 2.50 bits per heavy atom. The highest BCUT2D eigenvalue weighted by atomic mass is 32.2. The van der Waals surface area contributed by atoms with Crippen LogP contribution in [0.3, 0.4) is 0 Å². The van der Waals surface area contributed by atoms with Crippen molar-refractivity contribution in [2.45, 2.75) is 25.2 Å². The number of benzene rings is 3. The maximum absolute atomic E-state index is 13.4. The summed E-state index contributed by atoms with van der Waals surface area (Å²) >= 11 is 3.10. The molecule has 6 rings (SSSR count). The van der Waals surface area contributed by atoms with E-state index in [-0.39, 0.29) is 5.56 Å². The zero-order chi connectivity index (χ0) is 30.5. The van der Waals surface area contributed by atoms with E-state index in [1.165, 1.54) is 20.7 Å². The summed E-state index contributed by atoms with van der Waals surface area (Å²) in [5.74, 6) is 2.83.